The van der Waals surface area contributed by atoms with Crippen molar-refractivity contribution < 1.29 is 9.32 Å². The minimum absolute atomic E-state index is 0.0330. The van der Waals surface area contributed by atoms with Crippen LogP contribution in [-0.4, -0.2) is 55.3 Å². The van der Waals surface area contributed by atoms with Gasteiger partial charge in [0.05, 0.1) is 5.39 Å². The lowest BCUT2D eigenvalue weighted by atomic mass is 9.97. The number of carbonyl (C=O) groups excluding carboxylic acids is 1. The second-order valence-electron chi connectivity index (χ2n) is 9.45. The predicted octanol–water partition coefficient (Wildman–Crippen LogP) is 3.03. The highest BCUT2D eigenvalue weighted by Gasteiger charge is 2.25. The molecular formula is C23H27N9O2. The van der Waals surface area contributed by atoms with E-state index in [-0.39, 0.29) is 11.2 Å². The summed E-state index contributed by atoms with van der Waals surface area (Å²) >= 11 is 0. The van der Waals surface area contributed by atoms with Gasteiger partial charge in [-0.25, -0.2) is 9.97 Å². The van der Waals surface area contributed by atoms with Crippen LogP contribution >= 0.6 is 0 Å². The topological polar surface area (TPSA) is 147 Å². The van der Waals surface area contributed by atoms with Crippen LogP contribution in [0.2, 0.25) is 0 Å². The molecule has 1 aliphatic heterocycles. The monoisotopic (exact) mass is 461 g/mol. The molecule has 4 aromatic heterocycles. The number of fused-ring (bicyclic) bond motifs is 1. The zero-order valence-electron chi connectivity index (χ0n) is 19.6. The molecule has 4 N–H and O–H groups in total. The van der Waals surface area contributed by atoms with E-state index in [0.29, 0.717) is 23.4 Å². The molecule has 1 aliphatic rings. The number of anilines is 2. The fourth-order valence-electron chi connectivity index (χ4n) is 3.99. The lowest BCUT2D eigenvalue weighted by Crippen LogP contribution is -2.22. The van der Waals surface area contributed by atoms with Crippen molar-refractivity contribution in [1.82, 2.24) is 35.6 Å². The Morgan fingerprint density at radius 2 is 1.94 bits per heavy atom. The highest BCUT2D eigenvalue weighted by molar-refractivity contribution is 6.04. The van der Waals surface area contributed by atoms with E-state index in [1.165, 1.54) is 0 Å². The van der Waals surface area contributed by atoms with Gasteiger partial charge in [-0.3, -0.25) is 9.89 Å². The zero-order chi connectivity index (χ0) is 23.9. The van der Waals surface area contributed by atoms with E-state index in [1.54, 1.807) is 12.4 Å². The fourth-order valence-corrected chi connectivity index (χ4v) is 3.99. The summed E-state index contributed by atoms with van der Waals surface area (Å²) in [6.45, 7) is 9.60. The Morgan fingerprint density at radius 1 is 1.15 bits per heavy atom. The summed E-state index contributed by atoms with van der Waals surface area (Å²) in [5.74, 6) is 1.07. The molecule has 1 atom stereocenters. The van der Waals surface area contributed by atoms with E-state index < -0.39 is 5.91 Å². The molecule has 0 spiro atoms. The van der Waals surface area contributed by atoms with E-state index in [0.717, 1.165) is 47.4 Å². The number of rotatable bonds is 5. The van der Waals surface area contributed by atoms with E-state index >= 15 is 0 Å². The lowest BCUT2D eigenvalue weighted by Gasteiger charge is -2.14. The first kappa shape index (κ1) is 22.0. The van der Waals surface area contributed by atoms with Gasteiger partial charge in [-0.2, -0.15) is 10.1 Å². The maximum Gasteiger partial charge on any atom is 0.298 e. The maximum absolute atomic E-state index is 12.8. The summed E-state index contributed by atoms with van der Waals surface area (Å²) in [4.78, 5) is 25.8. The molecule has 0 saturated carbocycles. The van der Waals surface area contributed by atoms with Crippen LogP contribution in [0.5, 0.6) is 0 Å². The van der Waals surface area contributed by atoms with Gasteiger partial charge in [0.2, 0.25) is 5.89 Å². The number of amides is 1. The van der Waals surface area contributed by atoms with Gasteiger partial charge in [-0.05, 0) is 48.7 Å². The Balaban J connectivity index is 1.47. The minimum Gasteiger partial charge on any atom is -0.364 e. The smallest absolute Gasteiger partial charge is 0.298 e. The van der Waals surface area contributed by atoms with Crippen LogP contribution in [0, 0.1) is 6.92 Å². The first-order valence-corrected chi connectivity index (χ1v) is 11.2. The number of carbonyl (C=O) groups is 1. The largest absolute Gasteiger partial charge is 0.364 e. The van der Waals surface area contributed by atoms with E-state index in [4.69, 9.17) is 4.52 Å². The van der Waals surface area contributed by atoms with Crippen molar-refractivity contribution in [1.29, 1.82) is 0 Å². The predicted molar refractivity (Wildman–Crippen MR) is 128 cm³/mol. The third kappa shape index (κ3) is 4.10. The highest BCUT2D eigenvalue weighted by Crippen LogP contribution is 2.35. The molecule has 0 aromatic carbocycles. The quantitative estimate of drug-likeness (QED) is 0.352. The van der Waals surface area contributed by atoms with Crippen molar-refractivity contribution >= 4 is 28.6 Å². The van der Waals surface area contributed by atoms with Gasteiger partial charge < -0.3 is 20.5 Å². The molecule has 1 saturated heterocycles. The molecular weight excluding hydrogens is 434 g/mol. The second-order valence-corrected chi connectivity index (χ2v) is 9.45. The third-order valence-corrected chi connectivity index (χ3v) is 5.86. The van der Waals surface area contributed by atoms with Gasteiger partial charge in [0.15, 0.2) is 11.5 Å². The number of hydrogen-bond donors (Lipinski definition) is 4. The number of nitrogens with zero attached hydrogens (tertiary/aromatic N) is 5. The van der Waals surface area contributed by atoms with Crippen molar-refractivity contribution in [2.24, 2.45) is 0 Å². The number of aromatic amines is 1. The number of pyridine rings is 2. The Hall–Kier alpha value is -3.86. The van der Waals surface area contributed by atoms with Gasteiger partial charge in [-0.15, -0.1) is 0 Å². The summed E-state index contributed by atoms with van der Waals surface area (Å²) in [5, 5.41) is 21.9. The molecule has 0 bridgehead atoms. The van der Waals surface area contributed by atoms with Gasteiger partial charge in [0, 0.05) is 30.4 Å². The molecule has 4 aromatic rings. The fraction of sp³-hybridized carbons (Fsp3) is 0.391. The van der Waals surface area contributed by atoms with Crippen molar-refractivity contribution in [2.75, 3.05) is 23.7 Å². The van der Waals surface area contributed by atoms with Crippen LogP contribution in [-0.2, 0) is 5.41 Å². The lowest BCUT2D eigenvalue weighted by molar-refractivity contribution is 0.101. The molecule has 1 amide bonds. The molecule has 0 radical (unpaired) electrons. The number of hydrogen-bond acceptors (Lipinski definition) is 9. The van der Waals surface area contributed by atoms with Gasteiger partial charge in [-0.1, -0.05) is 25.9 Å². The molecule has 1 fully saturated rings. The molecule has 0 unspecified atom stereocenters. The Kier molecular flexibility index (Phi) is 5.48. The van der Waals surface area contributed by atoms with Gasteiger partial charge in [0.1, 0.15) is 5.82 Å². The zero-order valence-corrected chi connectivity index (χ0v) is 19.6. The Bertz CT molecular complexity index is 1350. The van der Waals surface area contributed by atoms with Crippen LogP contribution in [0.15, 0.2) is 29.0 Å². The second kappa shape index (κ2) is 8.49. The minimum atomic E-state index is -0.480. The maximum atomic E-state index is 12.8. The summed E-state index contributed by atoms with van der Waals surface area (Å²) < 4.78 is 5.25. The van der Waals surface area contributed by atoms with E-state index in [1.807, 2.05) is 39.8 Å². The van der Waals surface area contributed by atoms with Crippen molar-refractivity contribution in [3.63, 3.8) is 0 Å². The van der Waals surface area contributed by atoms with Crippen LogP contribution in [0.1, 0.15) is 49.3 Å². The summed E-state index contributed by atoms with van der Waals surface area (Å²) in [7, 11) is 0. The summed E-state index contributed by atoms with van der Waals surface area (Å²) in [5.41, 5.74) is 3.00. The van der Waals surface area contributed by atoms with Crippen molar-refractivity contribution in [3.05, 3.63) is 41.8 Å². The van der Waals surface area contributed by atoms with E-state index in [9.17, 15) is 4.79 Å². The highest BCUT2D eigenvalue weighted by atomic mass is 16.5. The first-order chi connectivity index (χ1) is 16.3. The first-order valence-electron chi connectivity index (χ1n) is 11.2. The van der Waals surface area contributed by atoms with Crippen molar-refractivity contribution in [3.8, 4) is 11.1 Å². The molecule has 5 rings (SSSR count). The van der Waals surface area contributed by atoms with Crippen LogP contribution in [0.3, 0.4) is 0 Å². The SMILES string of the molecule is Cc1c(-c2ccnc3[nH]nc(N[C@@H]4CCNC4)c23)ccnc1NC(=O)c1noc(C(C)(C)C)n1. The molecule has 11 nitrogen and oxygen atoms in total. The standard InChI is InChI=1S/C23H27N9O2/c1-12-14(6-9-25-17(12)28-21(33)20-29-22(34-32-20)23(2,3)4)15-7-10-26-18-16(15)19(31-30-18)27-13-5-8-24-11-13/h6-7,9-10,13,24H,5,8,11H2,1-4H3,(H,25,28,33)(H2,26,27,30,31)/t13-/m1/s1. The summed E-state index contributed by atoms with van der Waals surface area (Å²) in [6.07, 6.45) is 4.43. The Labute approximate surface area is 196 Å². The third-order valence-electron chi connectivity index (χ3n) is 5.86. The van der Waals surface area contributed by atoms with Gasteiger partial charge >= 0.3 is 0 Å². The molecule has 0 aliphatic carbocycles. The van der Waals surface area contributed by atoms with Crippen molar-refractivity contribution in [2.45, 2.75) is 45.6 Å². The summed E-state index contributed by atoms with van der Waals surface area (Å²) in [6, 6.07) is 4.17. The average Bonchev–Trinajstić information content (AvgIpc) is 3.56. The molecule has 176 valence electrons. The van der Waals surface area contributed by atoms with Crippen LogP contribution in [0.25, 0.3) is 22.2 Å². The Morgan fingerprint density at radius 3 is 2.68 bits per heavy atom. The van der Waals surface area contributed by atoms with E-state index in [2.05, 4.69) is 46.3 Å². The molecule has 5 heterocycles. The van der Waals surface area contributed by atoms with Gasteiger partial charge in [0.25, 0.3) is 11.7 Å². The number of nitrogens with one attached hydrogen (secondary N) is 4. The molecule has 34 heavy (non-hydrogen) atoms. The average molecular weight is 462 g/mol. The number of aromatic nitrogens is 6. The molecule has 11 heteroatoms. The normalized spacial score (nSPS) is 16.2. The number of H-pyrrole nitrogens is 1. The van der Waals surface area contributed by atoms with Crippen LogP contribution in [0.4, 0.5) is 11.6 Å². The van der Waals surface area contributed by atoms with Crippen LogP contribution < -0.4 is 16.0 Å².